The Hall–Kier alpha value is -2.36. The number of aryl methyl sites for hydroxylation is 2. The van der Waals surface area contributed by atoms with Crippen molar-refractivity contribution in [3.05, 3.63) is 53.9 Å². The first-order chi connectivity index (χ1) is 9.63. The molecular weight excluding hydrogens is 250 g/mol. The van der Waals surface area contributed by atoms with Gasteiger partial charge in [-0.2, -0.15) is 0 Å². The minimum Gasteiger partial charge on any atom is -0.444 e. The third-order valence-corrected chi connectivity index (χ3v) is 3.23. The summed E-state index contributed by atoms with van der Waals surface area (Å²) in [4.78, 5) is 8.81. The molecule has 0 saturated heterocycles. The highest BCUT2D eigenvalue weighted by Gasteiger charge is 2.13. The Morgan fingerprint density at radius 3 is 2.75 bits per heavy atom. The van der Waals surface area contributed by atoms with Crippen molar-refractivity contribution < 1.29 is 4.42 Å². The van der Waals surface area contributed by atoms with E-state index in [4.69, 9.17) is 4.42 Å². The lowest BCUT2D eigenvalue weighted by atomic mass is 10.1. The molecule has 0 aliphatic heterocycles. The van der Waals surface area contributed by atoms with Gasteiger partial charge in [0.05, 0.1) is 11.7 Å². The van der Waals surface area contributed by atoms with Gasteiger partial charge in [-0.3, -0.25) is 4.98 Å². The summed E-state index contributed by atoms with van der Waals surface area (Å²) in [6, 6.07) is 10.2. The number of fused-ring (bicyclic) bond motifs is 1. The molecule has 0 spiro atoms. The van der Waals surface area contributed by atoms with E-state index in [1.807, 2.05) is 39.0 Å². The molecule has 3 aromatic rings. The Morgan fingerprint density at radius 2 is 2.00 bits per heavy atom. The van der Waals surface area contributed by atoms with Crippen molar-refractivity contribution in [1.29, 1.82) is 0 Å². The van der Waals surface area contributed by atoms with E-state index in [0.717, 1.165) is 28.0 Å². The summed E-state index contributed by atoms with van der Waals surface area (Å²) in [5.74, 6) is 1.52. The van der Waals surface area contributed by atoms with Crippen LogP contribution in [0.15, 0.2) is 40.9 Å². The number of anilines is 1. The first-order valence-corrected chi connectivity index (χ1v) is 6.69. The minimum absolute atomic E-state index is 0.00825. The number of aromatic nitrogens is 2. The minimum atomic E-state index is 0.00825. The predicted octanol–water partition coefficient (Wildman–Crippen LogP) is 4.01. The number of nitrogens with zero attached hydrogens (tertiary/aromatic N) is 2. The van der Waals surface area contributed by atoms with Gasteiger partial charge in [0.25, 0.3) is 0 Å². The summed E-state index contributed by atoms with van der Waals surface area (Å²) in [5.41, 5.74) is 3.03. The molecule has 0 aliphatic rings. The van der Waals surface area contributed by atoms with Gasteiger partial charge in [-0.25, -0.2) is 4.98 Å². The van der Waals surface area contributed by atoms with Crippen molar-refractivity contribution in [1.82, 2.24) is 9.97 Å². The van der Waals surface area contributed by atoms with E-state index in [1.54, 1.807) is 6.20 Å². The molecule has 4 nitrogen and oxygen atoms in total. The molecule has 102 valence electrons. The number of pyridine rings is 1. The Morgan fingerprint density at radius 1 is 1.20 bits per heavy atom. The van der Waals surface area contributed by atoms with Crippen molar-refractivity contribution in [3.8, 4) is 0 Å². The smallest absolute Gasteiger partial charge is 0.216 e. The van der Waals surface area contributed by atoms with Crippen molar-refractivity contribution in [3.63, 3.8) is 0 Å². The second kappa shape index (κ2) is 4.96. The van der Waals surface area contributed by atoms with Crippen LogP contribution < -0.4 is 5.32 Å². The zero-order chi connectivity index (χ0) is 14.1. The second-order valence-electron chi connectivity index (χ2n) is 5.00. The lowest BCUT2D eigenvalue weighted by Gasteiger charge is -2.14. The monoisotopic (exact) mass is 267 g/mol. The number of rotatable bonds is 3. The topological polar surface area (TPSA) is 51.0 Å². The third-order valence-electron chi connectivity index (χ3n) is 3.23. The van der Waals surface area contributed by atoms with Crippen LogP contribution in [0.1, 0.15) is 30.3 Å². The van der Waals surface area contributed by atoms with Crippen molar-refractivity contribution >= 4 is 16.6 Å². The molecule has 4 heteroatoms. The number of oxazole rings is 1. The van der Waals surface area contributed by atoms with Gasteiger partial charge >= 0.3 is 0 Å². The van der Waals surface area contributed by atoms with Crippen LogP contribution in [0.4, 0.5) is 5.69 Å². The Bertz CT molecular complexity index is 748. The van der Waals surface area contributed by atoms with E-state index in [9.17, 15) is 0 Å². The number of nitrogens with one attached hydrogen (secondary N) is 1. The summed E-state index contributed by atoms with van der Waals surface area (Å²) in [5, 5.41) is 4.56. The van der Waals surface area contributed by atoms with Crippen LogP contribution in [-0.2, 0) is 0 Å². The first-order valence-electron chi connectivity index (χ1n) is 6.69. The molecule has 1 aromatic carbocycles. The fraction of sp³-hybridized carbons (Fsp3) is 0.250. The number of hydrogen-bond donors (Lipinski definition) is 1. The van der Waals surface area contributed by atoms with E-state index < -0.39 is 0 Å². The molecule has 2 aromatic heterocycles. The molecule has 0 bridgehead atoms. The van der Waals surface area contributed by atoms with Crippen molar-refractivity contribution in [2.45, 2.75) is 26.8 Å². The predicted molar refractivity (Wildman–Crippen MR) is 79.8 cm³/mol. The molecule has 3 rings (SSSR count). The first kappa shape index (κ1) is 12.7. The molecule has 1 unspecified atom stereocenters. The van der Waals surface area contributed by atoms with E-state index in [1.165, 1.54) is 0 Å². The van der Waals surface area contributed by atoms with Gasteiger partial charge in [-0.1, -0.05) is 18.2 Å². The zero-order valence-corrected chi connectivity index (χ0v) is 11.8. The Labute approximate surface area is 117 Å². The molecule has 2 heterocycles. The number of benzene rings is 1. The second-order valence-corrected chi connectivity index (χ2v) is 5.00. The van der Waals surface area contributed by atoms with Gasteiger partial charge in [0.1, 0.15) is 11.8 Å². The van der Waals surface area contributed by atoms with Crippen LogP contribution >= 0.6 is 0 Å². The molecule has 20 heavy (non-hydrogen) atoms. The largest absolute Gasteiger partial charge is 0.444 e. The highest BCUT2D eigenvalue weighted by molar-refractivity contribution is 5.91. The van der Waals surface area contributed by atoms with Crippen molar-refractivity contribution in [2.75, 3.05) is 5.32 Å². The molecule has 0 amide bonds. The third kappa shape index (κ3) is 2.37. The van der Waals surface area contributed by atoms with Crippen LogP contribution in [0, 0.1) is 13.8 Å². The Kier molecular flexibility index (Phi) is 3.14. The summed E-state index contributed by atoms with van der Waals surface area (Å²) >= 11 is 0. The van der Waals surface area contributed by atoms with Gasteiger partial charge in [0.15, 0.2) is 0 Å². The Balaban J connectivity index is 1.98. The van der Waals surface area contributed by atoms with Crippen LogP contribution in [0.5, 0.6) is 0 Å². The SMILES string of the molecule is Cc1cc(NC(C)c2ncc(C)o2)c2ccccc2n1. The van der Waals surface area contributed by atoms with E-state index in [-0.39, 0.29) is 6.04 Å². The average molecular weight is 267 g/mol. The molecule has 1 atom stereocenters. The van der Waals surface area contributed by atoms with Crippen LogP contribution in [0.3, 0.4) is 0 Å². The molecule has 0 aliphatic carbocycles. The van der Waals surface area contributed by atoms with E-state index >= 15 is 0 Å². The summed E-state index contributed by atoms with van der Waals surface area (Å²) in [7, 11) is 0. The van der Waals surface area contributed by atoms with E-state index in [0.29, 0.717) is 5.89 Å². The van der Waals surface area contributed by atoms with Gasteiger partial charge in [-0.05, 0) is 32.9 Å². The zero-order valence-electron chi connectivity index (χ0n) is 11.8. The van der Waals surface area contributed by atoms with E-state index in [2.05, 4.69) is 27.4 Å². The van der Waals surface area contributed by atoms with Crippen LogP contribution in [0.25, 0.3) is 10.9 Å². The quantitative estimate of drug-likeness (QED) is 0.779. The molecule has 1 N–H and O–H groups in total. The fourth-order valence-corrected chi connectivity index (χ4v) is 2.29. The average Bonchev–Trinajstić information content (AvgIpc) is 2.85. The van der Waals surface area contributed by atoms with Gasteiger partial charge < -0.3 is 9.73 Å². The van der Waals surface area contributed by atoms with Crippen LogP contribution in [-0.4, -0.2) is 9.97 Å². The molecular formula is C16H17N3O. The van der Waals surface area contributed by atoms with Gasteiger partial charge in [0, 0.05) is 16.8 Å². The number of para-hydroxylation sites is 1. The summed E-state index contributed by atoms with van der Waals surface area (Å²) in [6.45, 7) is 5.93. The maximum Gasteiger partial charge on any atom is 0.216 e. The molecule has 0 fully saturated rings. The van der Waals surface area contributed by atoms with Gasteiger partial charge in [-0.15, -0.1) is 0 Å². The number of hydrogen-bond acceptors (Lipinski definition) is 4. The molecule has 0 saturated carbocycles. The standard InChI is InChI=1S/C16H17N3O/c1-10-8-15(13-6-4-5-7-14(13)18-10)19-12(3)16-17-9-11(2)20-16/h4-9,12H,1-3H3,(H,18,19). The maximum absolute atomic E-state index is 5.57. The maximum atomic E-state index is 5.57. The van der Waals surface area contributed by atoms with Crippen LogP contribution in [0.2, 0.25) is 0 Å². The fourth-order valence-electron chi connectivity index (χ4n) is 2.29. The normalized spacial score (nSPS) is 12.6. The lowest BCUT2D eigenvalue weighted by Crippen LogP contribution is -2.07. The van der Waals surface area contributed by atoms with Crippen molar-refractivity contribution in [2.24, 2.45) is 0 Å². The van der Waals surface area contributed by atoms with Gasteiger partial charge in [0.2, 0.25) is 5.89 Å². The molecule has 0 radical (unpaired) electrons. The summed E-state index contributed by atoms with van der Waals surface area (Å²) < 4.78 is 5.57. The lowest BCUT2D eigenvalue weighted by molar-refractivity contribution is 0.454. The summed E-state index contributed by atoms with van der Waals surface area (Å²) in [6.07, 6.45) is 1.74. The highest BCUT2D eigenvalue weighted by Crippen LogP contribution is 2.26. The highest BCUT2D eigenvalue weighted by atomic mass is 16.4.